The maximum Gasteiger partial charge on any atom is 0.321 e. The summed E-state index contributed by atoms with van der Waals surface area (Å²) in [5.74, 6) is -1.91. The number of anilines is 1. The molecule has 1 aromatic heterocycles. The molecule has 0 unspecified atom stereocenters. The summed E-state index contributed by atoms with van der Waals surface area (Å²) in [5, 5.41) is 0. The van der Waals surface area contributed by atoms with Crippen molar-refractivity contribution >= 4 is 32.6 Å². The van der Waals surface area contributed by atoms with E-state index < -0.39 is 27.3 Å². The first kappa shape index (κ1) is 14.3. The third kappa shape index (κ3) is 3.47. The summed E-state index contributed by atoms with van der Waals surface area (Å²) in [6.07, 6.45) is 0. The minimum atomic E-state index is -3.68. The average Bonchev–Trinajstić information content (AvgIpc) is 2.68. The van der Waals surface area contributed by atoms with Crippen LogP contribution in [0, 0.1) is 0 Å². The Hall–Kier alpha value is -2.09. The number of aromatic nitrogens is 1. The van der Waals surface area contributed by atoms with Gasteiger partial charge in [-0.25, -0.2) is 13.4 Å². The first-order valence-electron chi connectivity index (χ1n) is 5.90. The first-order valence-corrected chi connectivity index (χ1v) is 7.73. The fourth-order valence-electron chi connectivity index (χ4n) is 1.68. The van der Waals surface area contributed by atoms with Crippen molar-refractivity contribution in [1.29, 1.82) is 0 Å². The summed E-state index contributed by atoms with van der Waals surface area (Å²) in [4.78, 5) is 15.2. The van der Waals surface area contributed by atoms with E-state index >= 15 is 0 Å². The van der Waals surface area contributed by atoms with E-state index in [1.165, 1.54) is 0 Å². The molecule has 8 heteroatoms. The second-order valence-electron chi connectivity index (χ2n) is 4.17. The lowest BCUT2D eigenvalue weighted by molar-refractivity contribution is -0.139. The summed E-state index contributed by atoms with van der Waals surface area (Å²) in [6, 6.07) is 4.82. The van der Waals surface area contributed by atoms with Crippen LogP contribution < -0.4 is 5.73 Å². The molecule has 0 atom stereocenters. The van der Waals surface area contributed by atoms with Crippen LogP contribution in [0.5, 0.6) is 0 Å². The SMILES string of the molecule is CCOC(=O)CS(=O)(=O)Cc1nc2cc(N)ccc2o1. The van der Waals surface area contributed by atoms with Crippen LogP contribution >= 0.6 is 0 Å². The number of nitrogens with zero attached hydrogens (tertiary/aromatic N) is 1. The Morgan fingerprint density at radius 3 is 2.90 bits per heavy atom. The van der Waals surface area contributed by atoms with E-state index in [1.807, 2.05) is 0 Å². The van der Waals surface area contributed by atoms with Crippen molar-refractivity contribution < 1.29 is 22.4 Å². The zero-order chi connectivity index (χ0) is 14.8. The van der Waals surface area contributed by atoms with E-state index in [-0.39, 0.29) is 12.5 Å². The largest absolute Gasteiger partial charge is 0.465 e. The fraction of sp³-hybridized carbons (Fsp3) is 0.333. The lowest BCUT2D eigenvalue weighted by Crippen LogP contribution is -2.20. The van der Waals surface area contributed by atoms with E-state index in [2.05, 4.69) is 9.72 Å². The van der Waals surface area contributed by atoms with Crippen LogP contribution in [-0.4, -0.2) is 31.7 Å². The third-order valence-corrected chi connectivity index (χ3v) is 3.80. The van der Waals surface area contributed by atoms with Crippen molar-refractivity contribution in [3.8, 4) is 0 Å². The summed E-state index contributed by atoms with van der Waals surface area (Å²) < 4.78 is 33.5. The molecule has 0 aliphatic carbocycles. The maximum absolute atomic E-state index is 11.8. The lowest BCUT2D eigenvalue weighted by Gasteiger charge is -2.01. The second-order valence-corrected chi connectivity index (χ2v) is 6.24. The Kier molecular flexibility index (Phi) is 3.93. The summed E-state index contributed by atoms with van der Waals surface area (Å²) in [5.41, 5.74) is 7.03. The molecule has 0 aliphatic rings. The number of carbonyl (C=O) groups excluding carboxylic acids is 1. The van der Waals surface area contributed by atoms with Gasteiger partial charge < -0.3 is 14.9 Å². The van der Waals surface area contributed by atoms with Crippen LogP contribution in [0.4, 0.5) is 5.69 Å². The van der Waals surface area contributed by atoms with Gasteiger partial charge in [-0.05, 0) is 25.1 Å². The van der Waals surface area contributed by atoms with Crippen molar-refractivity contribution in [3.05, 3.63) is 24.1 Å². The van der Waals surface area contributed by atoms with Crippen molar-refractivity contribution in [3.63, 3.8) is 0 Å². The van der Waals surface area contributed by atoms with Gasteiger partial charge in [0.05, 0.1) is 6.61 Å². The first-order chi connectivity index (χ1) is 9.39. The predicted molar refractivity (Wildman–Crippen MR) is 72.5 cm³/mol. The van der Waals surface area contributed by atoms with E-state index in [0.717, 1.165) is 0 Å². The number of sulfone groups is 1. The van der Waals surface area contributed by atoms with Crippen molar-refractivity contribution in [1.82, 2.24) is 4.98 Å². The average molecular weight is 298 g/mol. The molecule has 0 aliphatic heterocycles. The van der Waals surface area contributed by atoms with Crippen molar-refractivity contribution in [2.45, 2.75) is 12.7 Å². The maximum atomic E-state index is 11.8. The number of fused-ring (bicyclic) bond motifs is 1. The molecular formula is C12H14N2O5S. The van der Waals surface area contributed by atoms with Crippen LogP contribution in [0.25, 0.3) is 11.1 Å². The van der Waals surface area contributed by atoms with Gasteiger partial charge in [-0.3, -0.25) is 4.79 Å². The molecule has 2 N–H and O–H groups in total. The minimum absolute atomic E-state index is 0.0231. The number of hydrogen-bond donors (Lipinski definition) is 1. The zero-order valence-corrected chi connectivity index (χ0v) is 11.6. The molecule has 0 saturated carbocycles. The number of rotatable bonds is 5. The quantitative estimate of drug-likeness (QED) is 0.644. The molecule has 0 fully saturated rings. The Morgan fingerprint density at radius 2 is 2.20 bits per heavy atom. The number of hydrogen-bond acceptors (Lipinski definition) is 7. The lowest BCUT2D eigenvalue weighted by atomic mass is 10.3. The highest BCUT2D eigenvalue weighted by atomic mass is 32.2. The van der Waals surface area contributed by atoms with Crippen LogP contribution in [0.2, 0.25) is 0 Å². The summed E-state index contributed by atoms with van der Waals surface area (Å²) in [7, 11) is -3.68. The topological polar surface area (TPSA) is 112 Å². The van der Waals surface area contributed by atoms with E-state index in [9.17, 15) is 13.2 Å². The van der Waals surface area contributed by atoms with Crippen molar-refractivity contribution in [2.75, 3.05) is 18.1 Å². The second kappa shape index (κ2) is 5.49. The highest BCUT2D eigenvalue weighted by Crippen LogP contribution is 2.19. The highest BCUT2D eigenvalue weighted by Gasteiger charge is 2.21. The Labute approximate surface area is 115 Å². The van der Waals surface area contributed by atoms with E-state index in [4.69, 9.17) is 10.2 Å². The molecule has 0 radical (unpaired) electrons. The number of carbonyl (C=O) groups is 1. The molecular weight excluding hydrogens is 284 g/mol. The van der Waals surface area contributed by atoms with Gasteiger partial charge in [0.2, 0.25) is 5.89 Å². The predicted octanol–water partition coefficient (Wildman–Crippen LogP) is 0.888. The molecule has 0 bridgehead atoms. The number of nitrogen functional groups attached to an aromatic ring is 1. The number of benzene rings is 1. The van der Waals surface area contributed by atoms with E-state index in [0.29, 0.717) is 16.8 Å². The molecule has 108 valence electrons. The van der Waals surface area contributed by atoms with E-state index in [1.54, 1.807) is 25.1 Å². The molecule has 1 heterocycles. The van der Waals surface area contributed by atoms with Gasteiger partial charge in [0.25, 0.3) is 0 Å². The van der Waals surface area contributed by atoms with Gasteiger partial charge in [0.1, 0.15) is 17.0 Å². The smallest absolute Gasteiger partial charge is 0.321 e. The van der Waals surface area contributed by atoms with Crippen LogP contribution in [0.15, 0.2) is 22.6 Å². The molecule has 2 aromatic rings. The number of ether oxygens (including phenoxy) is 1. The van der Waals surface area contributed by atoms with Crippen LogP contribution in [0.1, 0.15) is 12.8 Å². The van der Waals surface area contributed by atoms with Crippen LogP contribution in [-0.2, 0) is 25.1 Å². The Bertz CT molecular complexity index is 735. The molecule has 2 rings (SSSR count). The number of esters is 1. The molecule has 0 spiro atoms. The Balaban J connectivity index is 2.16. The molecule has 0 amide bonds. The van der Waals surface area contributed by atoms with Gasteiger partial charge in [-0.15, -0.1) is 0 Å². The standard InChI is InChI=1S/C12H14N2O5S/c1-2-18-12(15)7-20(16,17)6-11-14-9-5-8(13)3-4-10(9)19-11/h3-5H,2,6-7,13H2,1H3. The zero-order valence-electron chi connectivity index (χ0n) is 10.8. The van der Waals surface area contributed by atoms with Crippen LogP contribution in [0.3, 0.4) is 0 Å². The van der Waals surface area contributed by atoms with Gasteiger partial charge in [-0.2, -0.15) is 0 Å². The normalized spacial score (nSPS) is 11.7. The van der Waals surface area contributed by atoms with Gasteiger partial charge >= 0.3 is 5.97 Å². The Morgan fingerprint density at radius 1 is 1.45 bits per heavy atom. The monoisotopic (exact) mass is 298 g/mol. The molecule has 1 aromatic carbocycles. The molecule has 7 nitrogen and oxygen atoms in total. The molecule has 20 heavy (non-hydrogen) atoms. The van der Waals surface area contributed by atoms with Gasteiger partial charge in [0.15, 0.2) is 15.4 Å². The van der Waals surface area contributed by atoms with Gasteiger partial charge in [-0.1, -0.05) is 0 Å². The number of nitrogens with two attached hydrogens (primary N) is 1. The highest BCUT2D eigenvalue weighted by molar-refractivity contribution is 7.91. The summed E-state index contributed by atoms with van der Waals surface area (Å²) in [6.45, 7) is 1.74. The van der Waals surface area contributed by atoms with Gasteiger partial charge in [0, 0.05) is 5.69 Å². The van der Waals surface area contributed by atoms with Crippen molar-refractivity contribution in [2.24, 2.45) is 0 Å². The number of oxazole rings is 1. The fourth-order valence-corrected chi connectivity index (χ4v) is 2.72. The third-order valence-electron chi connectivity index (χ3n) is 2.44. The minimum Gasteiger partial charge on any atom is -0.465 e. The summed E-state index contributed by atoms with van der Waals surface area (Å²) >= 11 is 0. The molecule has 0 saturated heterocycles.